The zero-order chi connectivity index (χ0) is 16.7. The van der Waals surface area contributed by atoms with Crippen molar-refractivity contribution in [3.8, 4) is 0 Å². The first kappa shape index (κ1) is 17.8. The van der Waals surface area contributed by atoms with Gasteiger partial charge < -0.3 is 11.1 Å². The second-order valence-corrected chi connectivity index (χ2v) is 5.87. The van der Waals surface area contributed by atoms with Gasteiger partial charge >= 0.3 is 0 Å². The normalized spacial score (nSPS) is 17.2. The molecule has 5 nitrogen and oxygen atoms in total. The van der Waals surface area contributed by atoms with Crippen LogP contribution in [0.5, 0.6) is 0 Å². The van der Waals surface area contributed by atoms with Crippen LogP contribution in [0.2, 0.25) is 0 Å². The summed E-state index contributed by atoms with van der Waals surface area (Å²) in [5.41, 5.74) is 6.20. The van der Waals surface area contributed by atoms with Crippen molar-refractivity contribution < 1.29 is 13.6 Å². The first-order chi connectivity index (χ1) is 11.0. The molecule has 1 fully saturated rings. The molecule has 1 aromatic carbocycles. The van der Waals surface area contributed by atoms with Crippen LogP contribution in [-0.4, -0.2) is 67.4 Å². The SMILES string of the molecule is NCC(F)(F)CNC(=O)CN1CCN(Cc2ccccc2)CC1. The van der Waals surface area contributed by atoms with Gasteiger partial charge in [-0.3, -0.25) is 14.6 Å². The van der Waals surface area contributed by atoms with Gasteiger partial charge in [-0.05, 0) is 5.56 Å². The zero-order valence-electron chi connectivity index (χ0n) is 13.2. The molecule has 1 saturated heterocycles. The molecule has 0 aromatic heterocycles. The molecule has 0 atom stereocenters. The number of nitrogens with two attached hydrogens (primary N) is 1. The number of carbonyl (C=O) groups excluding carboxylic acids is 1. The van der Waals surface area contributed by atoms with Crippen molar-refractivity contribution in [1.82, 2.24) is 15.1 Å². The van der Waals surface area contributed by atoms with Crippen LogP contribution in [-0.2, 0) is 11.3 Å². The molecule has 0 unspecified atom stereocenters. The fourth-order valence-corrected chi connectivity index (χ4v) is 2.51. The molecule has 1 aromatic rings. The predicted octanol–water partition coefficient (Wildman–Crippen LogP) is 0.514. The second-order valence-electron chi connectivity index (χ2n) is 5.87. The molecule has 1 aliphatic heterocycles. The number of carbonyl (C=O) groups is 1. The van der Waals surface area contributed by atoms with Crippen LogP contribution in [0.4, 0.5) is 8.78 Å². The minimum Gasteiger partial charge on any atom is -0.349 e. The molecule has 1 heterocycles. The van der Waals surface area contributed by atoms with E-state index in [1.807, 2.05) is 23.1 Å². The number of hydrogen-bond acceptors (Lipinski definition) is 4. The highest BCUT2D eigenvalue weighted by Gasteiger charge is 2.27. The number of amides is 1. The number of rotatable bonds is 7. The Morgan fingerprint density at radius 1 is 1.13 bits per heavy atom. The Bertz CT molecular complexity index is 490. The topological polar surface area (TPSA) is 61.6 Å². The molecule has 0 aliphatic carbocycles. The largest absolute Gasteiger partial charge is 0.349 e. The lowest BCUT2D eigenvalue weighted by Crippen LogP contribution is -2.50. The van der Waals surface area contributed by atoms with E-state index in [2.05, 4.69) is 22.3 Å². The Balaban J connectivity index is 1.67. The van der Waals surface area contributed by atoms with Crippen molar-refractivity contribution in [2.45, 2.75) is 12.5 Å². The molecule has 1 aliphatic rings. The van der Waals surface area contributed by atoms with Crippen LogP contribution in [0.1, 0.15) is 5.56 Å². The predicted molar refractivity (Wildman–Crippen MR) is 85.2 cm³/mol. The van der Waals surface area contributed by atoms with Gasteiger partial charge in [0.25, 0.3) is 5.92 Å². The van der Waals surface area contributed by atoms with Crippen LogP contribution in [0.25, 0.3) is 0 Å². The average Bonchev–Trinajstić information content (AvgIpc) is 2.56. The van der Waals surface area contributed by atoms with Crippen molar-refractivity contribution in [2.24, 2.45) is 5.73 Å². The number of alkyl halides is 2. The number of benzene rings is 1. The van der Waals surface area contributed by atoms with Crippen LogP contribution in [0, 0.1) is 0 Å². The molecule has 2 rings (SSSR count). The van der Waals surface area contributed by atoms with Crippen LogP contribution in [0.3, 0.4) is 0 Å². The molecule has 0 saturated carbocycles. The molecule has 0 spiro atoms. The summed E-state index contributed by atoms with van der Waals surface area (Å²) in [6.07, 6.45) is 0. The monoisotopic (exact) mass is 326 g/mol. The number of nitrogens with one attached hydrogen (secondary N) is 1. The van der Waals surface area contributed by atoms with E-state index in [9.17, 15) is 13.6 Å². The summed E-state index contributed by atoms with van der Waals surface area (Å²) in [5.74, 6) is -3.42. The number of nitrogens with zero attached hydrogens (tertiary/aromatic N) is 2. The lowest BCUT2D eigenvalue weighted by atomic mass is 10.2. The van der Waals surface area contributed by atoms with Crippen LogP contribution < -0.4 is 11.1 Å². The summed E-state index contributed by atoms with van der Waals surface area (Å²) >= 11 is 0. The van der Waals surface area contributed by atoms with Gasteiger partial charge in [-0.25, -0.2) is 8.78 Å². The molecule has 1 amide bonds. The van der Waals surface area contributed by atoms with Gasteiger partial charge in [0.2, 0.25) is 5.91 Å². The fourth-order valence-electron chi connectivity index (χ4n) is 2.51. The molecular weight excluding hydrogens is 302 g/mol. The van der Waals surface area contributed by atoms with E-state index in [1.54, 1.807) is 0 Å². The Morgan fingerprint density at radius 2 is 1.74 bits per heavy atom. The maximum atomic E-state index is 13.0. The quantitative estimate of drug-likeness (QED) is 0.767. The van der Waals surface area contributed by atoms with Gasteiger partial charge in [-0.15, -0.1) is 0 Å². The van der Waals surface area contributed by atoms with Gasteiger partial charge in [0.1, 0.15) is 0 Å². The molecular formula is C16H24F2N4O. The standard InChI is InChI=1S/C16H24F2N4O/c17-16(18,12-19)13-20-15(23)11-22-8-6-21(7-9-22)10-14-4-2-1-3-5-14/h1-5H,6-13,19H2,(H,20,23). The van der Waals surface area contributed by atoms with E-state index in [1.165, 1.54) is 5.56 Å². The molecule has 0 bridgehead atoms. The van der Waals surface area contributed by atoms with Crippen molar-refractivity contribution in [1.29, 1.82) is 0 Å². The van der Waals surface area contributed by atoms with Gasteiger partial charge in [-0.1, -0.05) is 30.3 Å². The summed E-state index contributed by atoms with van der Waals surface area (Å²) in [7, 11) is 0. The Kier molecular flexibility index (Phi) is 6.44. The Labute approximate surface area is 135 Å². The smallest absolute Gasteiger partial charge is 0.277 e. The second kappa shape index (κ2) is 8.33. The van der Waals surface area contributed by atoms with E-state index in [0.29, 0.717) is 0 Å². The summed E-state index contributed by atoms with van der Waals surface area (Å²) in [4.78, 5) is 16.0. The third kappa shape index (κ3) is 6.21. The van der Waals surface area contributed by atoms with Crippen LogP contribution in [0.15, 0.2) is 30.3 Å². The Morgan fingerprint density at radius 3 is 2.35 bits per heavy atom. The molecule has 128 valence electrons. The highest BCUT2D eigenvalue weighted by molar-refractivity contribution is 5.78. The van der Waals surface area contributed by atoms with Crippen molar-refractivity contribution in [3.63, 3.8) is 0 Å². The summed E-state index contributed by atoms with van der Waals surface area (Å²) in [6, 6.07) is 10.2. The van der Waals surface area contributed by atoms with Gasteiger partial charge in [0.05, 0.1) is 19.6 Å². The fraction of sp³-hybridized carbons (Fsp3) is 0.562. The van der Waals surface area contributed by atoms with E-state index >= 15 is 0 Å². The molecule has 7 heteroatoms. The molecule has 0 radical (unpaired) electrons. The minimum atomic E-state index is -3.04. The average molecular weight is 326 g/mol. The third-order valence-corrected chi connectivity index (χ3v) is 3.92. The van der Waals surface area contributed by atoms with Crippen molar-refractivity contribution >= 4 is 5.91 Å². The van der Waals surface area contributed by atoms with Crippen LogP contribution >= 0.6 is 0 Å². The lowest BCUT2D eigenvalue weighted by Gasteiger charge is -2.34. The molecule has 3 N–H and O–H groups in total. The zero-order valence-corrected chi connectivity index (χ0v) is 13.2. The number of halogens is 2. The highest BCUT2D eigenvalue weighted by atomic mass is 19.3. The van der Waals surface area contributed by atoms with E-state index < -0.39 is 19.0 Å². The summed E-state index contributed by atoms with van der Waals surface area (Å²) < 4.78 is 26.0. The van der Waals surface area contributed by atoms with E-state index in [4.69, 9.17) is 5.73 Å². The summed E-state index contributed by atoms with van der Waals surface area (Å²) in [5, 5.41) is 2.25. The van der Waals surface area contributed by atoms with Gasteiger partial charge in [0.15, 0.2) is 0 Å². The van der Waals surface area contributed by atoms with Crippen molar-refractivity contribution in [3.05, 3.63) is 35.9 Å². The Hall–Kier alpha value is -1.57. The number of hydrogen-bond donors (Lipinski definition) is 2. The van der Waals surface area contributed by atoms with E-state index in [-0.39, 0.29) is 12.5 Å². The number of piperazine rings is 1. The maximum absolute atomic E-state index is 13.0. The molecule has 23 heavy (non-hydrogen) atoms. The third-order valence-electron chi connectivity index (χ3n) is 3.92. The first-order valence-electron chi connectivity index (χ1n) is 7.82. The van der Waals surface area contributed by atoms with Gasteiger partial charge in [-0.2, -0.15) is 0 Å². The highest BCUT2D eigenvalue weighted by Crippen LogP contribution is 2.10. The van der Waals surface area contributed by atoms with Gasteiger partial charge in [0, 0.05) is 32.7 Å². The maximum Gasteiger partial charge on any atom is 0.277 e. The first-order valence-corrected chi connectivity index (χ1v) is 7.82. The lowest BCUT2D eigenvalue weighted by molar-refractivity contribution is -0.124. The van der Waals surface area contributed by atoms with Crippen molar-refractivity contribution in [2.75, 3.05) is 45.8 Å². The summed E-state index contributed by atoms with van der Waals surface area (Å²) in [6.45, 7) is 2.83. The van der Waals surface area contributed by atoms with E-state index in [0.717, 1.165) is 32.7 Å². The minimum absolute atomic E-state index is 0.153.